The highest BCUT2D eigenvalue weighted by Gasteiger charge is 2.35. The van der Waals surface area contributed by atoms with Gasteiger partial charge in [0.05, 0.1) is 12.6 Å². The van der Waals surface area contributed by atoms with Crippen molar-refractivity contribution in [1.29, 1.82) is 0 Å². The molecule has 0 radical (unpaired) electrons. The summed E-state index contributed by atoms with van der Waals surface area (Å²) < 4.78 is 18.7. The smallest absolute Gasteiger partial charge is 0.242 e. The van der Waals surface area contributed by atoms with E-state index in [-0.39, 0.29) is 36.1 Å². The average molecular weight is 445 g/mol. The van der Waals surface area contributed by atoms with E-state index in [0.717, 1.165) is 36.8 Å². The van der Waals surface area contributed by atoms with Gasteiger partial charge in [0, 0.05) is 37.6 Å². The van der Waals surface area contributed by atoms with Crippen LogP contribution in [0.1, 0.15) is 47.7 Å². The van der Waals surface area contributed by atoms with Gasteiger partial charge in [0.1, 0.15) is 5.82 Å². The van der Waals surface area contributed by atoms with Crippen LogP contribution in [0.3, 0.4) is 0 Å². The predicted molar refractivity (Wildman–Crippen MR) is 118 cm³/mol. The molecule has 4 rings (SSSR count). The predicted octanol–water partition coefficient (Wildman–Crippen LogP) is 4.03. The Bertz CT molecular complexity index is 910. The molecule has 7 heteroatoms. The molecular weight excluding hydrogens is 415 g/mol. The topological polar surface area (TPSA) is 49.9 Å². The Morgan fingerprint density at radius 2 is 2.00 bits per heavy atom. The van der Waals surface area contributed by atoms with Crippen molar-refractivity contribution in [3.63, 3.8) is 0 Å². The van der Waals surface area contributed by atoms with Crippen LogP contribution in [-0.4, -0.2) is 55.0 Å². The van der Waals surface area contributed by atoms with Gasteiger partial charge in [0.25, 0.3) is 0 Å². The van der Waals surface area contributed by atoms with E-state index < -0.39 is 0 Å². The number of fused-ring (bicyclic) bond motifs is 1. The molecule has 1 aromatic carbocycles. The molecule has 1 aliphatic carbocycles. The van der Waals surface area contributed by atoms with Gasteiger partial charge in [0.15, 0.2) is 0 Å². The van der Waals surface area contributed by atoms with E-state index in [1.807, 2.05) is 10.3 Å². The molecule has 1 saturated carbocycles. The lowest BCUT2D eigenvalue weighted by atomic mass is 9.84. The number of halogens is 1. The SMILES string of the molecule is COCCCN(CC(=O)N1CCc2sccc2[C@H]1c1ccc(F)cc1)C(=O)C1CCC1. The third-order valence-electron chi connectivity index (χ3n) is 6.34. The van der Waals surface area contributed by atoms with Crippen molar-refractivity contribution in [3.8, 4) is 0 Å². The zero-order valence-electron chi connectivity index (χ0n) is 17.9. The normalized spacial score (nSPS) is 18.4. The van der Waals surface area contributed by atoms with E-state index >= 15 is 0 Å². The van der Waals surface area contributed by atoms with Crippen LogP contribution in [0.4, 0.5) is 4.39 Å². The van der Waals surface area contributed by atoms with Crippen molar-refractivity contribution >= 4 is 23.2 Å². The monoisotopic (exact) mass is 444 g/mol. The summed E-state index contributed by atoms with van der Waals surface area (Å²) in [5.41, 5.74) is 2.00. The molecule has 2 heterocycles. The minimum Gasteiger partial charge on any atom is -0.385 e. The second-order valence-electron chi connectivity index (χ2n) is 8.32. The van der Waals surface area contributed by atoms with Crippen LogP contribution >= 0.6 is 11.3 Å². The van der Waals surface area contributed by atoms with Gasteiger partial charge < -0.3 is 14.5 Å². The maximum atomic E-state index is 13.5. The Morgan fingerprint density at radius 1 is 1.23 bits per heavy atom. The lowest BCUT2D eigenvalue weighted by Gasteiger charge is -2.38. The Labute approximate surface area is 186 Å². The largest absolute Gasteiger partial charge is 0.385 e. The van der Waals surface area contributed by atoms with E-state index in [0.29, 0.717) is 26.1 Å². The van der Waals surface area contributed by atoms with Gasteiger partial charge in [-0.05, 0) is 60.4 Å². The van der Waals surface area contributed by atoms with Crippen molar-refractivity contribution < 1.29 is 18.7 Å². The molecule has 1 fully saturated rings. The third-order valence-corrected chi connectivity index (χ3v) is 7.34. The molecule has 1 aromatic heterocycles. The lowest BCUT2D eigenvalue weighted by molar-refractivity contribution is -0.145. The summed E-state index contributed by atoms with van der Waals surface area (Å²) in [5, 5.41) is 2.05. The lowest BCUT2D eigenvalue weighted by Crippen LogP contribution is -2.49. The molecule has 0 N–H and O–H groups in total. The zero-order valence-corrected chi connectivity index (χ0v) is 18.7. The number of methoxy groups -OCH3 is 1. The van der Waals surface area contributed by atoms with Crippen LogP contribution in [-0.2, 0) is 20.7 Å². The summed E-state index contributed by atoms with van der Waals surface area (Å²) in [6.45, 7) is 1.75. The number of benzene rings is 1. The molecule has 31 heavy (non-hydrogen) atoms. The first-order valence-corrected chi connectivity index (χ1v) is 11.9. The summed E-state index contributed by atoms with van der Waals surface area (Å²) in [4.78, 5) is 31.3. The Hall–Kier alpha value is -2.25. The fraction of sp³-hybridized carbons (Fsp3) is 0.500. The Morgan fingerprint density at radius 3 is 2.68 bits per heavy atom. The van der Waals surface area contributed by atoms with Gasteiger partial charge in [-0.3, -0.25) is 9.59 Å². The first-order chi connectivity index (χ1) is 15.1. The van der Waals surface area contributed by atoms with Crippen molar-refractivity contribution in [2.75, 3.05) is 33.4 Å². The molecule has 0 saturated heterocycles. The first-order valence-electron chi connectivity index (χ1n) is 11.0. The van der Waals surface area contributed by atoms with Crippen LogP contribution < -0.4 is 0 Å². The Kier molecular flexibility index (Phi) is 7.02. The number of ether oxygens (including phenoxy) is 1. The van der Waals surface area contributed by atoms with E-state index in [2.05, 4.69) is 6.07 Å². The molecule has 2 aromatic rings. The van der Waals surface area contributed by atoms with Gasteiger partial charge in [-0.1, -0.05) is 18.6 Å². The standard InChI is InChI=1S/C24H29FN2O3S/c1-30-14-3-12-26(24(29)18-4-2-5-18)16-22(28)27-13-10-21-20(11-15-31-21)23(27)17-6-8-19(25)9-7-17/h6-9,11,15,18,23H,2-5,10,12-14,16H2,1H3/t23-/m1/s1. The minimum absolute atomic E-state index is 0.0491. The number of hydrogen-bond donors (Lipinski definition) is 0. The zero-order chi connectivity index (χ0) is 21.8. The van der Waals surface area contributed by atoms with E-state index in [9.17, 15) is 14.0 Å². The highest BCUT2D eigenvalue weighted by Crippen LogP contribution is 2.38. The van der Waals surface area contributed by atoms with E-state index in [1.165, 1.54) is 17.0 Å². The van der Waals surface area contributed by atoms with Crippen LogP contribution in [0.15, 0.2) is 35.7 Å². The second-order valence-corrected chi connectivity index (χ2v) is 9.32. The summed E-state index contributed by atoms with van der Waals surface area (Å²) in [5.74, 6) is -0.218. The summed E-state index contributed by atoms with van der Waals surface area (Å²) in [6, 6.07) is 8.20. The van der Waals surface area contributed by atoms with Crippen LogP contribution in [0.5, 0.6) is 0 Å². The second kappa shape index (κ2) is 9.92. The molecule has 1 atom stereocenters. The Balaban J connectivity index is 1.55. The number of hydrogen-bond acceptors (Lipinski definition) is 4. The summed E-state index contributed by atoms with van der Waals surface area (Å²) >= 11 is 1.70. The maximum absolute atomic E-state index is 13.5. The fourth-order valence-electron chi connectivity index (χ4n) is 4.42. The molecule has 0 unspecified atom stereocenters. The number of rotatable bonds is 8. The van der Waals surface area contributed by atoms with Crippen molar-refractivity contribution in [2.24, 2.45) is 5.92 Å². The number of carbonyl (C=O) groups excluding carboxylic acids is 2. The summed E-state index contributed by atoms with van der Waals surface area (Å²) in [7, 11) is 1.64. The van der Waals surface area contributed by atoms with Gasteiger partial charge in [0.2, 0.25) is 11.8 Å². The molecule has 1 aliphatic heterocycles. The van der Waals surface area contributed by atoms with Gasteiger partial charge >= 0.3 is 0 Å². The molecule has 2 amide bonds. The van der Waals surface area contributed by atoms with Gasteiger partial charge in [-0.25, -0.2) is 4.39 Å². The molecule has 2 aliphatic rings. The van der Waals surface area contributed by atoms with Crippen LogP contribution in [0, 0.1) is 11.7 Å². The highest BCUT2D eigenvalue weighted by atomic mass is 32.1. The van der Waals surface area contributed by atoms with Crippen LogP contribution in [0.2, 0.25) is 0 Å². The quantitative estimate of drug-likeness (QED) is 0.578. The third kappa shape index (κ3) is 4.83. The van der Waals surface area contributed by atoms with Crippen molar-refractivity contribution in [3.05, 3.63) is 57.5 Å². The summed E-state index contributed by atoms with van der Waals surface area (Å²) in [6.07, 6.45) is 4.41. The van der Waals surface area contributed by atoms with Gasteiger partial charge in [-0.2, -0.15) is 0 Å². The average Bonchev–Trinajstić information content (AvgIpc) is 3.20. The van der Waals surface area contributed by atoms with Crippen LogP contribution in [0.25, 0.3) is 0 Å². The molecular formula is C24H29FN2O3S. The number of amides is 2. The van der Waals surface area contributed by atoms with E-state index in [4.69, 9.17) is 4.74 Å². The highest BCUT2D eigenvalue weighted by molar-refractivity contribution is 7.10. The fourth-order valence-corrected chi connectivity index (χ4v) is 5.33. The number of nitrogens with zero attached hydrogens (tertiary/aromatic N) is 2. The van der Waals surface area contributed by atoms with Crippen molar-refractivity contribution in [1.82, 2.24) is 9.80 Å². The first kappa shape index (κ1) is 22.0. The molecule has 0 spiro atoms. The molecule has 5 nitrogen and oxygen atoms in total. The number of thiophene rings is 1. The maximum Gasteiger partial charge on any atom is 0.242 e. The number of carbonyl (C=O) groups is 2. The minimum atomic E-state index is -0.293. The molecule has 166 valence electrons. The van der Waals surface area contributed by atoms with Crippen molar-refractivity contribution in [2.45, 2.75) is 38.1 Å². The molecule has 0 bridgehead atoms. The van der Waals surface area contributed by atoms with Gasteiger partial charge in [-0.15, -0.1) is 11.3 Å². The van der Waals surface area contributed by atoms with E-state index in [1.54, 1.807) is 35.5 Å².